The van der Waals surface area contributed by atoms with Crippen molar-refractivity contribution in [2.45, 2.75) is 44.6 Å². The maximum Gasteiger partial charge on any atom is 0.253 e. The van der Waals surface area contributed by atoms with Crippen LogP contribution in [0.25, 0.3) is 5.69 Å². The van der Waals surface area contributed by atoms with Gasteiger partial charge in [-0.25, -0.2) is 4.68 Å². The van der Waals surface area contributed by atoms with Gasteiger partial charge in [-0.1, -0.05) is 18.6 Å². The van der Waals surface area contributed by atoms with Gasteiger partial charge in [0, 0.05) is 31.2 Å². The number of aryl methyl sites for hydroxylation is 1. The van der Waals surface area contributed by atoms with Crippen molar-refractivity contribution < 1.29 is 9.53 Å². The van der Waals surface area contributed by atoms with Crippen LogP contribution in [0, 0.1) is 0 Å². The van der Waals surface area contributed by atoms with Crippen LogP contribution in [0.15, 0.2) is 54.9 Å². The van der Waals surface area contributed by atoms with Gasteiger partial charge in [-0.05, 0) is 91.0 Å². The first-order valence-electron chi connectivity index (χ1n) is 12.3. The van der Waals surface area contributed by atoms with E-state index in [-0.39, 0.29) is 5.91 Å². The average molecular weight is 461 g/mol. The number of tetrazole rings is 1. The van der Waals surface area contributed by atoms with Crippen LogP contribution in [0.5, 0.6) is 5.75 Å². The van der Waals surface area contributed by atoms with Crippen LogP contribution in [0.3, 0.4) is 0 Å². The Bertz CT molecular complexity index is 1070. The van der Waals surface area contributed by atoms with Crippen LogP contribution in [0.4, 0.5) is 0 Å². The molecule has 8 nitrogen and oxygen atoms in total. The second-order valence-electron chi connectivity index (χ2n) is 9.17. The molecule has 2 aromatic carbocycles. The molecule has 0 radical (unpaired) electrons. The fourth-order valence-electron chi connectivity index (χ4n) is 5.03. The third-order valence-electron chi connectivity index (χ3n) is 6.93. The largest absolute Gasteiger partial charge is 0.494 e. The highest BCUT2D eigenvalue weighted by Gasteiger charge is 2.24. The number of ether oxygens (including phenoxy) is 1. The highest BCUT2D eigenvalue weighted by Crippen LogP contribution is 2.23. The van der Waals surface area contributed by atoms with Gasteiger partial charge >= 0.3 is 0 Å². The van der Waals surface area contributed by atoms with Gasteiger partial charge in [0.15, 0.2) is 0 Å². The molecular formula is C26H32N6O2. The summed E-state index contributed by atoms with van der Waals surface area (Å²) < 4.78 is 7.60. The van der Waals surface area contributed by atoms with Crippen molar-refractivity contribution in [2.75, 3.05) is 32.8 Å². The minimum atomic E-state index is 0.0610. The van der Waals surface area contributed by atoms with E-state index in [1.807, 2.05) is 35.2 Å². The Morgan fingerprint density at radius 3 is 2.71 bits per heavy atom. The molecule has 3 heterocycles. The van der Waals surface area contributed by atoms with Gasteiger partial charge < -0.3 is 9.64 Å². The van der Waals surface area contributed by atoms with E-state index in [1.54, 1.807) is 11.0 Å². The molecule has 1 saturated heterocycles. The summed E-state index contributed by atoms with van der Waals surface area (Å²) in [5.41, 5.74) is 2.86. The van der Waals surface area contributed by atoms with E-state index in [0.29, 0.717) is 24.8 Å². The summed E-state index contributed by atoms with van der Waals surface area (Å²) in [6.45, 7) is 4.04. The van der Waals surface area contributed by atoms with Gasteiger partial charge in [0.2, 0.25) is 0 Å². The number of carbonyl (C=O) groups is 1. The van der Waals surface area contributed by atoms with E-state index >= 15 is 0 Å². The number of hydrogen-bond acceptors (Lipinski definition) is 6. The number of benzene rings is 2. The van der Waals surface area contributed by atoms with Crippen molar-refractivity contribution in [3.05, 3.63) is 66.0 Å². The topological polar surface area (TPSA) is 76.4 Å². The molecule has 3 aromatic rings. The van der Waals surface area contributed by atoms with Crippen molar-refractivity contribution in [3.8, 4) is 11.4 Å². The lowest BCUT2D eigenvalue weighted by Crippen LogP contribution is -2.45. The molecule has 2 aliphatic rings. The number of amides is 1. The van der Waals surface area contributed by atoms with Gasteiger partial charge in [0.25, 0.3) is 5.91 Å². The minimum absolute atomic E-state index is 0.0610. The lowest BCUT2D eigenvalue weighted by molar-refractivity contribution is 0.0682. The predicted octanol–water partition coefficient (Wildman–Crippen LogP) is 3.37. The van der Waals surface area contributed by atoms with E-state index < -0.39 is 0 Å². The number of hydrogen-bond donors (Lipinski definition) is 0. The molecule has 1 unspecified atom stereocenters. The third kappa shape index (κ3) is 5.44. The monoisotopic (exact) mass is 460 g/mol. The van der Waals surface area contributed by atoms with E-state index in [4.69, 9.17) is 4.74 Å². The first-order valence-corrected chi connectivity index (χ1v) is 12.3. The molecular weight excluding hydrogens is 428 g/mol. The first kappa shape index (κ1) is 22.5. The number of aromatic nitrogens is 4. The normalized spacial score (nSPS) is 20.1. The van der Waals surface area contributed by atoms with Gasteiger partial charge in [-0.2, -0.15) is 0 Å². The van der Waals surface area contributed by atoms with E-state index in [0.717, 1.165) is 50.3 Å². The van der Waals surface area contributed by atoms with Gasteiger partial charge in [0.05, 0.1) is 12.3 Å². The summed E-state index contributed by atoms with van der Waals surface area (Å²) in [5.74, 6) is 0.983. The second kappa shape index (κ2) is 10.8. The third-order valence-corrected chi connectivity index (χ3v) is 6.93. The Balaban J connectivity index is 1.32. The van der Waals surface area contributed by atoms with Crippen LogP contribution >= 0.6 is 0 Å². The fourth-order valence-corrected chi connectivity index (χ4v) is 5.03. The van der Waals surface area contributed by atoms with Gasteiger partial charge in [-0.3, -0.25) is 9.69 Å². The quantitative estimate of drug-likeness (QED) is 0.584. The molecule has 1 amide bonds. The summed E-state index contributed by atoms with van der Waals surface area (Å²) in [7, 11) is 0. The smallest absolute Gasteiger partial charge is 0.253 e. The second-order valence-corrected chi connectivity index (χ2v) is 9.17. The van der Waals surface area contributed by atoms with E-state index in [2.05, 4.69) is 38.6 Å². The zero-order valence-electron chi connectivity index (χ0n) is 19.6. The predicted molar refractivity (Wildman–Crippen MR) is 129 cm³/mol. The van der Waals surface area contributed by atoms with Crippen LogP contribution in [-0.4, -0.2) is 74.7 Å². The van der Waals surface area contributed by atoms with Crippen LogP contribution in [-0.2, 0) is 6.42 Å². The Morgan fingerprint density at radius 1 is 0.941 bits per heavy atom. The fraction of sp³-hybridized carbons (Fsp3) is 0.462. The SMILES string of the molecule is O=C(c1ccc(-n2cnnn2)cc1)N1CCCOc2cccc(c2)CCC2CCCCN2CC1. The molecule has 178 valence electrons. The summed E-state index contributed by atoms with van der Waals surface area (Å²) in [6.07, 6.45) is 8.32. The molecule has 5 rings (SSSR count). The number of rotatable bonds is 2. The Labute approximate surface area is 200 Å². The average Bonchev–Trinajstić information content (AvgIpc) is 3.42. The molecule has 8 heteroatoms. The molecule has 1 fully saturated rings. The minimum Gasteiger partial charge on any atom is -0.494 e. The number of carbonyl (C=O) groups excluding carboxylic acids is 1. The maximum absolute atomic E-state index is 13.5. The molecule has 1 aromatic heterocycles. The van der Waals surface area contributed by atoms with E-state index in [9.17, 15) is 4.79 Å². The van der Waals surface area contributed by atoms with Crippen molar-refractivity contribution >= 4 is 5.91 Å². The Hall–Kier alpha value is -3.26. The molecule has 0 aliphatic carbocycles. The van der Waals surface area contributed by atoms with Crippen molar-refractivity contribution in [1.29, 1.82) is 0 Å². The molecule has 2 bridgehead atoms. The number of nitrogens with zero attached hydrogens (tertiary/aromatic N) is 6. The summed E-state index contributed by atoms with van der Waals surface area (Å²) in [4.78, 5) is 18.1. The molecule has 1 atom stereocenters. The Kier molecular flexibility index (Phi) is 7.14. The molecule has 0 saturated carbocycles. The molecule has 2 aliphatic heterocycles. The van der Waals surface area contributed by atoms with Crippen molar-refractivity contribution in [1.82, 2.24) is 30.0 Å². The van der Waals surface area contributed by atoms with E-state index in [1.165, 1.54) is 24.8 Å². The lowest BCUT2D eigenvalue weighted by Gasteiger charge is -2.37. The zero-order chi connectivity index (χ0) is 23.2. The maximum atomic E-state index is 13.5. The van der Waals surface area contributed by atoms with Crippen LogP contribution < -0.4 is 4.74 Å². The summed E-state index contributed by atoms with van der Waals surface area (Å²) in [6, 6.07) is 16.5. The van der Waals surface area contributed by atoms with Gasteiger partial charge in [0.1, 0.15) is 12.1 Å². The van der Waals surface area contributed by atoms with Crippen LogP contribution in [0.1, 0.15) is 48.0 Å². The first-order chi connectivity index (χ1) is 16.8. The number of fused-ring (bicyclic) bond motifs is 3. The molecule has 0 N–H and O–H groups in total. The van der Waals surface area contributed by atoms with Gasteiger partial charge in [-0.15, -0.1) is 5.10 Å². The summed E-state index contributed by atoms with van der Waals surface area (Å²) >= 11 is 0. The zero-order valence-corrected chi connectivity index (χ0v) is 19.6. The summed E-state index contributed by atoms with van der Waals surface area (Å²) in [5, 5.41) is 11.3. The Morgan fingerprint density at radius 2 is 1.85 bits per heavy atom. The number of piperidine rings is 1. The highest BCUT2D eigenvalue weighted by molar-refractivity contribution is 5.94. The standard InChI is InChI=1S/C26H32N6O2/c33-26(22-9-12-24(13-10-22)32-20-27-28-29-32)31-15-4-18-34-25-7-3-5-21(19-25)8-11-23-6-1-2-14-30(23)16-17-31/h3,5,7,9-10,12-13,19-20,23H,1-2,4,6,8,11,14-18H2. The highest BCUT2D eigenvalue weighted by atomic mass is 16.5. The van der Waals surface area contributed by atoms with Crippen LogP contribution in [0.2, 0.25) is 0 Å². The molecule has 34 heavy (non-hydrogen) atoms. The molecule has 0 spiro atoms. The van der Waals surface area contributed by atoms with Crippen molar-refractivity contribution in [2.24, 2.45) is 0 Å². The van der Waals surface area contributed by atoms with Crippen molar-refractivity contribution in [3.63, 3.8) is 0 Å². The lowest BCUT2D eigenvalue weighted by atomic mass is 9.95.